The standard InChI is InChI=1S/C17H24N2O2/c1-17(2,3)16(21)19-11-9-18(10-12-19)15(20)13-14-7-5-4-6-8-14/h4-8H,9-13H2,1-3H3. The molecule has 1 fully saturated rings. The second-order valence-corrected chi connectivity index (χ2v) is 6.59. The summed E-state index contributed by atoms with van der Waals surface area (Å²) in [4.78, 5) is 28.2. The molecule has 114 valence electrons. The number of benzene rings is 1. The van der Waals surface area contributed by atoms with Gasteiger partial charge in [-0.25, -0.2) is 0 Å². The smallest absolute Gasteiger partial charge is 0.228 e. The summed E-state index contributed by atoms with van der Waals surface area (Å²) < 4.78 is 0. The molecule has 4 nitrogen and oxygen atoms in total. The summed E-state index contributed by atoms with van der Waals surface area (Å²) in [7, 11) is 0. The second-order valence-electron chi connectivity index (χ2n) is 6.59. The third kappa shape index (κ3) is 4.06. The number of hydrogen-bond acceptors (Lipinski definition) is 2. The van der Waals surface area contributed by atoms with Gasteiger partial charge < -0.3 is 9.80 Å². The van der Waals surface area contributed by atoms with E-state index in [4.69, 9.17) is 0 Å². The molecule has 0 N–H and O–H groups in total. The van der Waals surface area contributed by atoms with E-state index >= 15 is 0 Å². The number of rotatable bonds is 2. The SMILES string of the molecule is CC(C)(C)C(=O)N1CCN(C(=O)Cc2ccccc2)CC1. The predicted octanol–water partition coefficient (Wildman–Crippen LogP) is 1.95. The van der Waals surface area contributed by atoms with Crippen molar-refractivity contribution in [2.45, 2.75) is 27.2 Å². The fourth-order valence-corrected chi connectivity index (χ4v) is 2.52. The van der Waals surface area contributed by atoms with E-state index in [1.807, 2.05) is 60.9 Å². The lowest BCUT2D eigenvalue weighted by atomic mass is 9.94. The van der Waals surface area contributed by atoms with Crippen molar-refractivity contribution in [2.75, 3.05) is 26.2 Å². The van der Waals surface area contributed by atoms with Gasteiger partial charge in [0.1, 0.15) is 0 Å². The molecule has 0 atom stereocenters. The van der Waals surface area contributed by atoms with Crippen LogP contribution in [0.2, 0.25) is 0 Å². The average molecular weight is 288 g/mol. The Balaban J connectivity index is 1.86. The number of carbonyl (C=O) groups is 2. The van der Waals surface area contributed by atoms with Gasteiger partial charge in [-0.15, -0.1) is 0 Å². The van der Waals surface area contributed by atoms with Crippen LogP contribution in [0.3, 0.4) is 0 Å². The van der Waals surface area contributed by atoms with Gasteiger partial charge in [0.25, 0.3) is 0 Å². The molecule has 0 radical (unpaired) electrons. The minimum absolute atomic E-state index is 0.143. The first-order valence-corrected chi connectivity index (χ1v) is 7.49. The van der Waals surface area contributed by atoms with Crippen LogP contribution in [-0.2, 0) is 16.0 Å². The van der Waals surface area contributed by atoms with E-state index in [0.29, 0.717) is 32.6 Å². The molecule has 0 saturated carbocycles. The lowest BCUT2D eigenvalue weighted by Crippen LogP contribution is -2.53. The Morgan fingerprint density at radius 1 is 0.952 bits per heavy atom. The summed E-state index contributed by atoms with van der Waals surface area (Å²) in [6.07, 6.45) is 0.439. The third-order valence-electron chi connectivity index (χ3n) is 3.76. The number of nitrogens with zero attached hydrogens (tertiary/aromatic N) is 2. The highest BCUT2D eigenvalue weighted by Crippen LogP contribution is 2.18. The van der Waals surface area contributed by atoms with Crippen LogP contribution in [-0.4, -0.2) is 47.8 Å². The minimum Gasteiger partial charge on any atom is -0.339 e. The maximum atomic E-state index is 12.3. The molecular weight excluding hydrogens is 264 g/mol. The van der Waals surface area contributed by atoms with Crippen molar-refractivity contribution in [1.82, 2.24) is 9.80 Å². The van der Waals surface area contributed by atoms with Crippen LogP contribution in [0.4, 0.5) is 0 Å². The van der Waals surface area contributed by atoms with Crippen LogP contribution >= 0.6 is 0 Å². The van der Waals surface area contributed by atoms with Gasteiger partial charge in [0, 0.05) is 31.6 Å². The van der Waals surface area contributed by atoms with Gasteiger partial charge in [0.15, 0.2) is 0 Å². The van der Waals surface area contributed by atoms with Crippen molar-refractivity contribution in [2.24, 2.45) is 5.41 Å². The summed E-state index contributed by atoms with van der Waals surface area (Å²) in [6.45, 7) is 8.33. The van der Waals surface area contributed by atoms with Crippen LogP contribution in [0.15, 0.2) is 30.3 Å². The van der Waals surface area contributed by atoms with Crippen LogP contribution in [0.1, 0.15) is 26.3 Å². The molecule has 0 spiro atoms. The molecule has 1 aliphatic heterocycles. The summed E-state index contributed by atoms with van der Waals surface area (Å²) in [5, 5.41) is 0. The van der Waals surface area contributed by atoms with Crippen molar-refractivity contribution in [3.63, 3.8) is 0 Å². The van der Waals surface area contributed by atoms with Crippen molar-refractivity contribution < 1.29 is 9.59 Å². The molecule has 2 rings (SSSR count). The maximum absolute atomic E-state index is 12.3. The fraction of sp³-hybridized carbons (Fsp3) is 0.529. The lowest BCUT2D eigenvalue weighted by Gasteiger charge is -2.37. The molecule has 1 heterocycles. The number of carbonyl (C=O) groups excluding carboxylic acids is 2. The van der Waals surface area contributed by atoms with Crippen LogP contribution in [0, 0.1) is 5.41 Å². The van der Waals surface area contributed by atoms with Gasteiger partial charge in [0.05, 0.1) is 6.42 Å². The highest BCUT2D eigenvalue weighted by molar-refractivity contribution is 5.82. The number of hydrogen-bond donors (Lipinski definition) is 0. The molecule has 1 aromatic carbocycles. The molecule has 0 bridgehead atoms. The number of amides is 2. The first-order chi connectivity index (χ1) is 9.88. The largest absolute Gasteiger partial charge is 0.339 e. The zero-order chi connectivity index (χ0) is 15.5. The Morgan fingerprint density at radius 3 is 2.00 bits per heavy atom. The number of piperazine rings is 1. The van der Waals surface area contributed by atoms with Gasteiger partial charge in [-0.05, 0) is 5.56 Å². The van der Waals surface area contributed by atoms with Gasteiger partial charge in [0.2, 0.25) is 11.8 Å². The van der Waals surface area contributed by atoms with E-state index in [1.165, 1.54) is 0 Å². The first-order valence-electron chi connectivity index (χ1n) is 7.49. The lowest BCUT2D eigenvalue weighted by molar-refractivity contribution is -0.144. The summed E-state index contributed by atoms with van der Waals surface area (Å²) in [5.74, 6) is 0.307. The summed E-state index contributed by atoms with van der Waals surface area (Å²) >= 11 is 0. The predicted molar refractivity (Wildman–Crippen MR) is 82.8 cm³/mol. The average Bonchev–Trinajstić information content (AvgIpc) is 2.46. The van der Waals surface area contributed by atoms with Crippen molar-refractivity contribution >= 4 is 11.8 Å². The molecule has 0 aromatic heterocycles. The first kappa shape index (κ1) is 15.5. The molecular formula is C17H24N2O2. The highest BCUT2D eigenvalue weighted by atomic mass is 16.2. The van der Waals surface area contributed by atoms with E-state index in [2.05, 4.69) is 0 Å². The molecule has 1 saturated heterocycles. The van der Waals surface area contributed by atoms with Gasteiger partial charge >= 0.3 is 0 Å². The summed E-state index contributed by atoms with van der Waals surface area (Å²) in [6, 6.07) is 9.78. The van der Waals surface area contributed by atoms with Crippen LogP contribution < -0.4 is 0 Å². The Morgan fingerprint density at radius 2 is 1.48 bits per heavy atom. The Hall–Kier alpha value is -1.84. The maximum Gasteiger partial charge on any atom is 0.228 e. The van der Waals surface area contributed by atoms with E-state index in [1.54, 1.807) is 0 Å². The molecule has 0 unspecified atom stereocenters. The Labute approximate surface area is 126 Å². The van der Waals surface area contributed by atoms with Crippen LogP contribution in [0.25, 0.3) is 0 Å². The molecule has 2 amide bonds. The topological polar surface area (TPSA) is 40.6 Å². The van der Waals surface area contributed by atoms with Crippen molar-refractivity contribution in [1.29, 1.82) is 0 Å². The van der Waals surface area contributed by atoms with E-state index < -0.39 is 0 Å². The van der Waals surface area contributed by atoms with Gasteiger partial charge in [-0.1, -0.05) is 51.1 Å². The minimum atomic E-state index is -0.351. The molecule has 0 aliphatic carbocycles. The van der Waals surface area contributed by atoms with Crippen molar-refractivity contribution in [3.8, 4) is 0 Å². The van der Waals surface area contributed by atoms with Gasteiger partial charge in [-0.2, -0.15) is 0 Å². The zero-order valence-electron chi connectivity index (χ0n) is 13.1. The van der Waals surface area contributed by atoms with Crippen molar-refractivity contribution in [3.05, 3.63) is 35.9 Å². The Bertz CT molecular complexity index is 497. The molecule has 4 heteroatoms. The monoisotopic (exact) mass is 288 g/mol. The molecule has 1 aromatic rings. The fourth-order valence-electron chi connectivity index (χ4n) is 2.52. The normalized spacial score (nSPS) is 16.0. The Kier molecular flexibility index (Phi) is 4.66. The molecule has 1 aliphatic rings. The highest BCUT2D eigenvalue weighted by Gasteiger charge is 2.30. The third-order valence-corrected chi connectivity index (χ3v) is 3.76. The van der Waals surface area contributed by atoms with Gasteiger partial charge in [-0.3, -0.25) is 9.59 Å². The quantitative estimate of drug-likeness (QED) is 0.834. The molecule has 21 heavy (non-hydrogen) atoms. The van der Waals surface area contributed by atoms with E-state index in [9.17, 15) is 9.59 Å². The van der Waals surface area contributed by atoms with Crippen LogP contribution in [0.5, 0.6) is 0 Å². The second kappa shape index (κ2) is 6.29. The summed E-state index contributed by atoms with van der Waals surface area (Å²) in [5.41, 5.74) is 0.687. The van der Waals surface area contributed by atoms with E-state index in [0.717, 1.165) is 5.56 Å². The van der Waals surface area contributed by atoms with E-state index in [-0.39, 0.29) is 17.2 Å². The zero-order valence-corrected chi connectivity index (χ0v) is 13.1.